The lowest BCUT2D eigenvalue weighted by atomic mass is 10.1. The Morgan fingerprint density at radius 1 is 1.20 bits per heavy atom. The van der Waals surface area contributed by atoms with Crippen molar-refractivity contribution in [3.05, 3.63) is 62.4 Å². The lowest BCUT2D eigenvalue weighted by molar-refractivity contribution is -0.148. The Labute approximate surface area is 145 Å². The molecule has 0 bridgehead atoms. The van der Waals surface area contributed by atoms with Gasteiger partial charge in [-0.2, -0.15) is 0 Å². The number of nitrogens with zero attached hydrogens (tertiary/aromatic N) is 2. The van der Waals surface area contributed by atoms with Crippen LogP contribution in [0.4, 0.5) is 0 Å². The van der Waals surface area contributed by atoms with Gasteiger partial charge < -0.3 is 15.0 Å². The van der Waals surface area contributed by atoms with Crippen LogP contribution in [-0.2, 0) is 23.0 Å². The lowest BCUT2D eigenvalue weighted by Gasteiger charge is -2.14. The van der Waals surface area contributed by atoms with E-state index in [0.29, 0.717) is 17.7 Å². The van der Waals surface area contributed by atoms with E-state index in [1.165, 1.54) is 10.8 Å². The van der Waals surface area contributed by atoms with Gasteiger partial charge in [0.05, 0.1) is 11.8 Å². The highest BCUT2D eigenvalue weighted by molar-refractivity contribution is 5.76. The van der Waals surface area contributed by atoms with E-state index in [2.05, 4.69) is 0 Å². The minimum atomic E-state index is -0.761. The highest BCUT2D eigenvalue weighted by atomic mass is 16.5. The molecule has 2 N–H and O–H groups in total. The molecule has 1 atom stereocenters. The summed E-state index contributed by atoms with van der Waals surface area (Å²) >= 11 is 0. The molecule has 2 rings (SSSR count). The number of nitrogens with two attached hydrogens (primary N) is 1. The molecular weight excluding hydrogens is 322 g/mol. The van der Waals surface area contributed by atoms with Crippen molar-refractivity contribution < 1.29 is 9.53 Å². The summed E-state index contributed by atoms with van der Waals surface area (Å²) in [4.78, 5) is 36.3. The molecule has 25 heavy (non-hydrogen) atoms. The molecule has 0 saturated carbocycles. The van der Waals surface area contributed by atoms with Gasteiger partial charge in [0, 0.05) is 18.8 Å². The molecule has 0 aliphatic carbocycles. The van der Waals surface area contributed by atoms with Crippen molar-refractivity contribution in [3.63, 3.8) is 0 Å². The van der Waals surface area contributed by atoms with E-state index < -0.39 is 17.7 Å². The van der Waals surface area contributed by atoms with Gasteiger partial charge in [0.25, 0.3) is 5.56 Å². The lowest BCUT2D eigenvalue weighted by Crippen LogP contribution is -2.38. The van der Waals surface area contributed by atoms with Crippen LogP contribution in [0.3, 0.4) is 0 Å². The third kappa shape index (κ3) is 4.24. The summed E-state index contributed by atoms with van der Waals surface area (Å²) in [5, 5.41) is 0. The van der Waals surface area contributed by atoms with Crippen LogP contribution in [0.15, 0.2) is 40.1 Å². The topological polar surface area (TPSA) is 96.3 Å². The van der Waals surface area contributed by atoms with Crippen LogP contribution in [-0.4, -0.2) is 27.2 Å². The van der Waals surface area contributed by atoms with Gasteiger partial charge in [-0.25, -0.2) is 9.36 Å². The molecule has 2 aromatic rings. The first kappa shape index (κ1) is 18.7. The predicted octanol–water partition coefficient (Wildman–Crippen LogP) is 0.666. The van der Waals surface area contributed by atoms with Crippen molar-refractivity contribution in [2.24, 2.45) is 12.8 Å². The number of benzene rings is 1. The average molecular weight is 345 g/mol. The highest BCUT2D eigenvalue weighted by Gasteiger charge is 2.17. The van der Waals surface area contributed by atoms with Gasteiger partial charge in [-0.15, -0.1) is 0 Å². The van der Waals surface area contributed by atoms with Gasteiger partial charge in [-0.3, -0.25) is 9.59 Å². The van der Waals surface area contributed by atoms with Crippen LogP contribution in [0.25, 0.3) is 5.69 Å². The number of hydrogen-bond donors (Lipinski definition) is 1. The molecule has 0 aliphatic heterocycles. The summed E-state index contributed by atoms with van der Waals surface area (Å²) in [6.07, 6.45) is 1.60. The van der Waals surface area contributed by atoms with Crippen molar-refractivity contribution in [2.75, 3.05) is 0 Å². The molecule has 0 spiro atoms. The fraction of sp³-hybridized carbons (Fsp3) is 0.389. The number of aromatic nitrogens is 2. The zero-order valence-corrected chi connectivity index (χ0v) is 14.9. The highest BCUT2D eigenvalue weighted by Crippen LogP contribution is 2.09. The average Bonchev–Trinajstić information content (AvgIpc) is 2.54. The van der Waals surface area contributed by atoms with E-state index in [9.17, 15) is 14.4 Å². The monoisotopic (exact) mass is 345 g/mol. The maximum atomic E-state index is 12.3. The Morgan fingerprint density at radius 2 is 1.80 bits per heavy atom. The molecule has 1 aromatic heterocycles. The molecule has 7 nitrogen and oxygen atoms in total. The number of esters is 1. The van der Waals surface area contributed by atoms with Crippen LogP contribution in [0.5, 0.6) is 0 Å². The summed E-state index contributed by atoms with van der Waals surface area (Å²) in [7, 11) is 1.60. The van der Waals surface area contributed by atoms with Gasteiger partial charge >= 0.3 is 11.7 Å². The van der Waals surface area contributed by atoms with Crippen molar-refractivity contribution in [1.82, 2.24) is 9.13 Å². The van der Waals surface area contributed by atoms with E-state index in [1.807, 2.05) is 0 Å². The van der Waals surface area contributed by atoms with E-state index >= 15 is 0 Å². The molecule has 0 aliphatic rings. The first-order valence-electron chi connectivity index (χ1n) is 8.05. The van der Waals surface area contributed by atoms with Gasteiger partial charge in [0.2, 0.25) is 0 Å². The minimum Gasteiger partial charge on any atom is -0.462 e. The van der Waals surface area contributed by atoms with Gasteiger partial charge in [-0.05, 0) is 44.9 Å². The second-order valence-corrected chi connectivity index (χ2v) is 6.31. The first-order valence-corrected chi connectivity index (χ1v) is 8.05. The smallest absolute Gasteiger partial charge is 0.335 e. The minimum absolute atomic E-state index is 0.217. The zero-order chi connectivity index (χ0) is 18.7. The maximum Gasteiger partial charge on any atom is 0.335 e. The molecule has 1 aromatic carbocycles. The quantitative estimate of drug-likeness (QED) is 0.803. The van der Waals surface area contributed by atoms with Crippen LogP contribution in [0.1, 0.15) is 25.0 Å². The Balaban J connectivity index is 2.26. The molecule has 0 radical (unpaired) electrons. The molecule has 0 saturated heterocycles. The molecular formula is C18H23N3O4. The fourth-order valence-electron chi connectivity index (χ4n) is 2.49. The Hall–Kier alpha value is -2.67. The molecule has 134 valence electrons. The number of rotatable bonds is 5. The maximum absolute atomic E-state index is 12.3. The third-order valence-electron chi connectivity index (χ3n) is 3.73. The van der Waals surface area contributed by atoms with Gasteiger partial charge in [-0.1, -0.05) is 12.1 Å². The Kier molecular flexibility index (Phi) is 5.58. The van der Waals surface area contributed by atoms with E-state index in [-0.39, 0.29) is 11.7 Å². The van der Waals surface area contributed by atoms with Crippen LogP contribution in [0, 0.1) is 6.92 Å². The van der Waals surface area contributed by atoms with E-state index in [1.54, 1.807) is 52.1 Å². The SMILES string of the molecule is Cc1cn(C)c(=O)n(-c2ccc(C[C@H](N)C(=O)OC(C)C)cc2)c1=O. The molecule has 1 heterocycles. The summed E-state index contributed by atoms with van der Waals surface area (Å²) in [5.41, 5.74) is 6.84. The molecule has 0 amide bonds. The van der Waals surface area contributed by atoms with Crippen LogP contribution in [0.2, 0.25) is 0 Å². The number of hydrogen-bond acceptors (Lipinski definition) is 5. The number of carbonyl (C=O) groups excluding carboxylic acids is 1. The summed E-state index contributed by atoms with van der Waals surface area (Å²) in [6, 6.07) is 6.05. The van der Waals surface area contributed by atoms with Crippen LogP contribution < -0.4 is 17.0 Å². The van der Waals surface area contributed by atoms with Crippen molar-refractivity contribution >= 4 is 5.97 Å². The summed E-state index contributed by atoms with van der Waals surface area (Å²) in [6.45, 7) is 5.19. The standard InChI is InChI=1S/C18H23N3O4/c1-11(2)25-17(23)15(19)9-13-5-7-14(8-6-13)21-16(22)12(3)10-20(4)18(21)24/h5-8,10-11,15H,9,19H2,1-4H3/t15-/m0/s1. The largest absolute Gasteiger partial charge is 0.462 e. The fourth-order valence-corrected chi connectivity index (χ4v) is 2.49. The third-order valence-corrected chi connectivity index (χ3v) is 3.73. The Bertz CT molecular complexity index is 844. The summed E-state index contributed by atoms with van der Waals surface area (Å²) in [5.74, 6) is -0.456. The second kappa shape index (κ2) is 7.48. The van der Waals surface area contributed by atoms with Crippen LogP contribution >= 0.6 is 0 Å². The molecule has 0 unspecified atom stereocenters. The second-order valence-electron chi connectivity index (χ2n) is 6.31. The molecule has 7 heteroatoms. The van der Waals surface area contributed by atoms with Gasteiger partial charge in [0.1, 0.15) is 6.04 Å². The molecule has 0 fully saturated rings. The number of carbonyl (C=O) groups is 1. The zero-order valence-electron chi connectivity index (χ0n) is 14.9. The normalized spacial score (nSPS) is 12.2. The Morgan fingerprint density at radius 3 is 2.36 bits per heavy atom. The van der Waals surface area contributed by atoms with E-state index in [0.717, 1.165) is 10.1 Å². The summed E-state index contributed by atoms with van der Waals surface area (Å²) < 4.78 is 7.56. The van der Waals surface area contributed by atoms with Gasteiger partial charge in [0.15, 0.2) is 0 Å². The number of aryl methyl sites for hydroxylation is 2. The van der Waals surface area contributed by atoms with Crippen molar-refractivity contribution in [3.8, 4) is 5.69 Å². The van der Waals surface area contributed by atoms with Crippen molar-refractivity contribution in [1.29, 1.82) is 0 Å². The number of ether oxygens (including phenoxy) is 1. The predicted molar refractivity (Wildman–Crippen MR) is 94.9 cm³/mol. The van der Waals surface area contributed by atoms with Crippen molar-refractivity contribution in [2.45, 2.75) is 39.3 Å². The first-order chi connectivity index (χ1) is 11.7. The van der Waals surface area contributed by atoms with E-state index in [4.69, 9.17) is 10.5 Å².